The fraction of sp³-hybridized carbons (Fsp3) is 0.350. The Hall–Kier alpha value is -2.89. The Morgan fingerprint density at radius 2 is 1.77 bits per heavy atom. The summed E-state index contributed by atoms with van der Waals surface area (Å²) in [7, 11) is 0. The fourth-order valence-electron chi connectivity index (χ4n) is 3.82. The van der Waals surface area contributed by atoms with Gasteiger partial charge in [0.25, 0.3) is 0 Å². The zero-order valence-electron chi connectivity index (χ0n) is 14.2. The highest BCUT2D eigenvalue weighted by Gasteiger charge is 2.39. The van der Waals surface area contributed by atoms with E-state index < -0.39 is 11.9 Å². The first-order valence-electron chi connectivity index (χ1n) is 8.84. The van der Waals surface area contributed by atoms with Gasteiger partial charge in [0, 0.05) is 24.4 Å². The molecule has 2 aliphatic rings. The first kappa shape index (κ1) is 16.6. The van der Waals surface area contributed by atoms with Crippen LogP contribution in [0.1, 0.15) is 19.3 Å². The van der Waals surface area contributed by atoms with E-state index in [1.165, 1.54) is 0 Å². The maximum absolute atomic E-state index is 12.5. The van der Waals surface area contributed by atoms with E-state index in [9.17, 15) is 14.4 Å². The zero-order chi connectivity index (χ0) is 18.3. The van der Waals surface area contributed by atoms with Crippen LogP contribution in [0.25, 0.3) is 10.8 Å². The molecule has 1 aliphatic heterocycles. The molecule has 1 saturated carbocycles. The van der Waals surface area contributed by atoms with Gasteiger partial charge in [-0.1, -0.05) is 36.4 Å². The third-order valence-electron chi connectivity index (χ3n) is 5.39. The lowest BCUT2D eigenvalue weighted by Gasteiger charge is -2.33. The van der Waals surface area contributed by atoms with Crippen molar-refractivity contribution in [3.63, 3.8) is 0 Å². The molecular weight excluding hydrogens is 332 g/mol. The van der Waals surface area contributed by atoms with E-state index in [0.717, 1.165) is 16.5 Å². The average Bonchev–Trinajstić information content (AvgIpc) is 2.98. The van der Waals surface area contributed by atoms with Crippen LogP contribution in [0.5, 0.6) is 0 Å². The number of rotatable bonds is 4. The Kier molecular flexibility index (Phi) is 4.11. The molecule has 4 rings (SSSR count). The van der Waals surface area contributed by atoms with Gasteiger partial charge in [-0.3, -0.25) is 14.4 Å². The number of carbonyl (C=O) groups is 3. The molecule has 26 heavy (non-hydrogen) atoms. The van der Waals surface area contributed by atoms with Crippen LogP contribution < -0.4 is 10.2 Å². The van der Waals surface area contributed by atoms with Crippen LogP contribution in [-0.2, 0) is 14.4 Å². The summed E-state index contributed by atoms with van der Waals surface area (Å²) in [5, 5.41) is 13.9. The van der Waals surface area contributed by atoms with E-state index in [-0.39, 0.29) is 30.2 Å². The van der Waals surface area contributed by atoms with Gasteiger partial charge in [-0.15, -0.1) is 0 Å². The van der Waals surface area contributed by atoms with E-state index >= 15 is 0 Å². The quantitative estimate of drug-likeness (QED) is 0.883. The maximum Gasteiger partial charge on any atom is 0.306 e. The second-order valence-electron chi connectivity index (χ2n) is 7.12. The molecule has 1 saturated heterocycles. The van der Waals surface area contributed by atoms with Crippen molar-refractivity contribution in [3.8, 4) is 0 Å². The van der Waals surface area contributed by atoms with Crippen LogP contribution in [0.2, 0.25) is 0 Å². The Bertz CT molecular complexity index is 883. The summed E-state index contributed by atoms with van der Waals surface area (Å²) in [4.78, 5) is 37.5. The van der Waals surface area contributed by atoms with Gasteiger partial charge in [-0.05, 0) is 24.3 Å². The van der Waals surface area contributed by atoms with E-state index in [2.05, 4.69) is 5.32 Å². The summed E-state index contributed by atoms with van der Waals surface area (Å²) in [5.74, 6) is -1.79. The molecule has 0 spiro atoms. The topological polar surface area (TPSA) is 86.7 Å². The zero-order valence-corrected chi connectivity index (χ0v) is 14.2. The molecule has 1 heterocycles. The minimum atomic E-state index is -0.811. The van der Waals surface area contributed by atoms with Crippen LogP contribution >= 0.6 is 0 Å². The molecule has 2 aromatic rings. The van der Waals surface area contributed by atoms with E-state index in [4.69, 9.17) is 5.11 Å². The number of amides is 2. The number of carboxylic acid groups (broad SMARTS) is 1. The first-order chi connectivity index (χ1) is 12.5. The first-order valence-corrected chi connectivity index (χ1v) is 8.84. The third kappa shape index (κ3) is 2.92. The van der Waals surface area contributed by atoms with Gasteiger partial charge in [0.2, 0.25) is 11.8 Å². The van der Waals surface area contributed by atoms with Gasteiger partial charge in [0.15, 0.2) is 0 Å². The summed E-state index contributed by atoms with van der Waals surface area (Å²) < 4.78 is 0. The van der Waals surface area contributed by atoms with Gasteiger partial charge in [0.05, 0.1) is 17.5 Å². The average molecular weight is 352 g/mol. The lowest BCUT2D eigenvalue weighted by molar-refractivity contribution is -0.146. The van der Waals surface area contributed by atoms with E-state index in [1.807, 2.05) is 42.5 Å². The second kappa shape index (κ2) is 6.44. The van der Waals surface area contributed by atoms with Crippen LogP contribution in [-0.4, -0.2) is 35.5 Å². The number of hydrogen-bond acceptors (Lipinski definition) is 3. The molecule has 0 bridgehead atoms. The summed E-state index contributed by atoms with van der Waals surface area (Å²) in [6.45, 7) is 0.355. The summed E-state index contributed by atoms with van der Waals surface area (Å²) >= 11 is 0. The van der Waals surface area contributed by atoms with Crippen LogP contribution in [0.3, 0.4) is 0 Å². The van der Waals surface area contributed by atoms with Gasteiger partial charge in [-0.25, -0.2) is 0 Å². The number of nitrogens with zero attached hydrogens (tertiary/aromatic N) is 1. The lowest BCUT2D eigenvalue weighted by atomic mass is 9.80. The third-order valence-corrected chi connectivity index (χ3v) is 5.39. The number of benzene rings is 2. The number of aliphatic carboxylic acids is 1. The number of nitrogens with one attached hydrogen (secondary N) is 1. The van der Waals surface area contributed by atoms with Crippen LogP contribution in [0, 0.1) is 11.8 Å². The molecule has 134 valence electrons. The highest BCUT2D eigenvalue weighted by Crippen LogP contribution is 2.32. The van der Waals surface area contributed by atoms with Crippen molar-refractivity contribution in [2.75, 3.05) is 11.4 Å². The molecule has 2 fully saturated rings. The van der Waals surface area contributed by atoms with Gasteiger partial charge < -0.3 is 15.3 Å². The van der Waals surface area contributed by atoms with Crippen molar-refractivity contribution < 1.29 is 19.5 Å². The van der Waals surface area contributed by atoms with E-state index in [1.54, 1.807) is 4.90 Å². The van der Waals surface area contributed by atoms with Gasteiger partial charge in [0.1, 0.15) is 0 Å². The largest absolute Gasteiger partial charge is 0.481 e. The predicted octanol–water partition coefficient (Wildman–Crippen LogP) is 2.17. The fourth-order valence-corrected chi connectivity index (χ4v) is 3.82. The molecule has 0 radical (unpaired) electrons. The number of carboxylic acids is 1. The number of fused-ring (bicyclic) bond motifs is 1. The number of hydrogen-bond donors (Lipinski definition) is 2. The van der Waals surface area contributed by atoms with Crippen molar-refractivity contribution in [1.82, 2.24) is 5.32 Å². The highest BCUT2D eigenvalue weighted by molar-refractivity contribution is 6.07. The van der Waals surface area contributed by atoms with Crippen molar-refractivity contribution in [2.24, 2.45) is 11.8 Å². The molecule has 1 unspecified atom stereocenters. The molecule has 2 N–H and O–H groups in total. The van der Waals surface area contributed by atoms with Crippen molar-refractivity contribution in [2.45, 2.75) is 25.3 Å². The summed E-state index contributed by atoms with van der Waals surface area (Å²) in [6, 6.07) is 13.6. The SMILES string of the molecule is O=C(O)C1CC(NC(=O)C2CC(=O)N(c3cccc4ccccc34)C2)C1. The van der Waals surface area contributed by atoms with E-state index in [0.29, 0.717) is 19.4 Å². The van der Waals surface area contributed by atoms with Crippen molar-refractivity contribution >= 4 is 34.2 Å². The Morgan fingerprint density at radius 3 is 2.54 bits per heavy atom. The Balaban J connectivity index is 1.45. The Morgan fingerprint density at radius 1 is 1.04 bits per heavy atom. The minimum Gasteiger partial charge on any atom is -0.481 e. The lowest BCUT2D eigenvalue weighted by Crippen LogP contribution is -2.48. The smallest absolute Gasteiger partial charge is 0.306 e. The maximum atomic E-state index is 12.5. The second-order valence-corrected chi connectivity index (χ2v) is 7.12. The normalized spacial score (nSPS) is 25.2. The molecular formula is C20H20N2O4. The molecule has 6 heteroatoms. The summed E-state index contributed by atoms with van der Waals surface area (Å²) in [6.07, 6.45) is 1.12. The number of carbonyl (C=O) groups excluding carboxylic acids is 2. The van der Waals surface area contributed by atoms with Gasteiger partial charge in [-0.2, -0.15) is 0 Å². The van der Waals surface area contributed by atoms with Crippen molar-refractivity contribution in [3.05, 3.63) is 42.5 Å². The molecule has 0 aromatic heterocycles. The van der Waals surface area contributed by atoms with Crippen LogP contribution in [0.4, 0.5) is 5.69 Å². The predicted molar refractivity (Wildman–Crippen MR) is 96.7 cm³/mol. The Labute approximate surface area is 150 Å². The highest BCUT2D eigenvalue weighted by atomic mass is 16.4. The van der Waals surface area contributed by atoms with Crippen LogP contribution in [0.15, 0.2) is 42.5 Å². The minimum absolute atomic E-state index is 0.0569. The molecule has 1 aliphatic carbocycles. The molecule has 6 nitrogen and oxygen atoms in total. The van der Waals surface area contributed by atoms with Gasteiger partial charge >= 0.3 is 5.97 Å². The van der Waals surface area contributed by atoms with Crippen molar-refractivity contribution in [1.29, 1.82) is 0 Å². The summed E-state index contributed by atoms with van der Waals surface area (Å²) in [5.41, 5.74) is 0.831. The monoisotopic (exact) mass is 352 g/mol. The molecule has 2 aromatic carbocycles. The molecule has 2 amide bonds. The molecule has 1 atom stereocenters. The standard InChI is InChI=1S/C20H20N2O4/c23-18-10-14(19(24)21-15-8-13(9-15)20(25)26)11-22(18)17-7-3-5-12-4-1-2-6-16(12)17/h1-7,13-15H,8-11H2,(H,21,24)(H,25,26). The number of anilines is 1.